The number of aromatic nitrogens is 4. The predicted molar refractivity (Wildman–Crippen MR) is 146 cm³/mol. The lowest BCUT2D eigenvalue weighted by molar-refractivity contribution is 0.0530. The molecule has 0 atom stereocenters. The lowest BCUT2D eigenvalue weighted by Crippen LogP contribution is -2.37. The molecule has 2 aromatic carbocycles. The molecule has 2 heterocycles. The van der Waals surface area contributed by atoms with Crippen molar-refractivity contribution in [2.45, 2.75) is 39.0 Å². The lowest BCUT2D eigenvalue weighted by atomic mass is 10.1. The molecular formula is C27H26ClF2N5O6. The van der Waals surface area contributed by atoms with E-state index in [9.17, 15) is 33.1 Å². The van der Waals surface area contributed by atoms with E-state index in [1.807, 2.05) is 0 Å². The number of rotatable bonds is 9. The third kappa shape index (κ3) is 6.42. The molecule has 0 amide bonds. The standard InChI is InChI=1S/C27H26ClF2N5O6/c1-27(2,40)10-21(36)34-19-7-4-15(8-20(19)35(26(34)39)22(37)11-31-3)12-33-14-32-24(23(28)25(33)38)41-13-16-5-6-17(29)9-18(16)30/h4-9,14,31,40H,10-13H2,1-3H3. The van der Waals surface area contributed by atoms with Crippen LogP contribution < -0.4 is 21.3 Å². The van der Waals surface area contributed by atoms with Gasteiger partial charge in [0.05, 0.1) is 36.1 Å². The first-order valence-electron chi connectivity index (χ1n) is 12.3. The van der Waals surface area contributed by atoms with Crippen LogP contribution >= 0.6 is 11.6 Å². The van der Waals surface area contributed by atoms with Crippen molar-refractivity contribution in [2.24, 2.45) is 0 Å². The second kappa shape index (κ2) is 11.7. The Morgan fingerprint density at radius 3 is 2.44 bits per heavy atom. The number of benzene rings is 2. The largest absolute Gasteiger partial charge is 0.471 e. The second-order valence-electron chi connectivity index (χ2n) is 9.90. The van der Waals surface area contributed by atoms with Crippen LogP contribution in [0.25, 0.3) is 11.0 Å². The molecular weight excluding hydrogens is 564 g/mol. The first-order chi connectivity index (χ1) is 19.3. The van der Waals surface area contributed by atoms with Crippen LogP contribution in [0, 0.1) is 11.6 Å². The quantitative estimate of drug-likeness (QED) is 0.304. The molecule has 4 rings (SSSR count). The van der Waals surface area contributed by atoms with Crippen molar-refractivity contribution in [1.29, 1.82) is 0 Å². The van der Waals surface area contributed by atoms with Gasteiger partial charge in [-0.25, -0.2) is 27.7 Å². The summed E-state index contributed by atoms with van der Waals surface area (Å²) in [5, 5.41) is 12.4. The third-order valence-electron chi connectivity index (χ3n) is 6.00. The first kappa shape index (κ1) is 29.8. The van der Waals surface area contributed by atoms with Crippen LogP contribution in [0.5, 0.6) is 5.88 Å². The topological polar surface area (TPSA) is 137 Å². The van der Waals surface area contributed by atoms with Crippen molar-refractivity contribution >= 4 is 34.4 Å². The highest BCUT2D eigenvalue weighted by Crippen LogP contribution is 2.21. The van der Waals surface area contributed by atoms with Crippen LogP contribution in [0.15, 0.2) is 52.3 Å². The van der Waals surface area contributed by atoms with Gasteiger partial charge in [0.1, 0.15) is 24.6 Å². The second-order valence-corrected chi connectivity index (χ2v) is 10.3. The summed E-state index contributed by atoms with van der Waals surface area (Å²) in [6.07, 6.45) is 0.793. The molecule has 2 aromatic heterocycles. The van der Waals surface area contributed by atoms with E-state index >= 15 is 0 Å². The molecule has 0 aliphatic carbocycles. The molecule has 0 aliphatic rings. The van der Waals surface area contributed by atoms with E-state index < -0.39 is 40.3 Å². The molecule has 0 radical (unpaired) electrons. The molecule has 41 heavy (non-hydrogen) atoms. The summed E-state index contributed by atoms with van der Waals surface area (Å²) in [5.41, 5.74) is -2.17. The van der Waals surface area contributed by atoms with E-state index in [-0.39, 0.29) is 53.6 Å². The van der Waals surface area contributed by atoms with E-state index in [0.717, 1.165) is 26.1 Å². The summed E-state index contributed by atoms with van der Waals surface area (Å²) in [4.78, 5) is 55.8. The van der Waals surface area contributed by atoms with Crippen molar-refractivity contribution in [2.75, 3.05) is 13.6 Å². The zero-order chi connectivity index (χ0) is 30.1. The first-order valence-corrected chi connectivity index (χ1v) is 12.7. The molecule has 4 aromatic rings. The Morgan fingerprint density at radius 2 is 1.78 bits per heavy atom. The van der Waals surface area contributed by atoms with E-state index in [0.29, 0.717) is 11.6 Å². The van der Waals surface area contributed by atoms with E-state index in [1.165, 1.54) is 39.1 Å². The van der Waals surface area contributed by atoms with Crippen LogP contribution in [0.2, 0.25) is 5.02 Å². The molecule has 14 heteroatoms. The van der Waals surface area contributed by atoms with Crippen molar-refractivity contribution in [3.8, 4) is 5.88 Å². The Bertz CT molecular complexity index is 1770. The van der Waals surface area contributed by atoms with Gasteiger partial charge in [-0.2, -0.15) is 0 Å². The molecule has 0 spiro atoms. The third-order valence-corrected chi connectivity index (χ3v) is 6.32. The fraction of sp³-hybridized carbons (Fsp3) is 0.296. The van der Waals surface area contributed by atoms with Gasteiger partial charge in [-0.1, -0.05) is 17.7 Å². The van der Waals surface area contributed by atoms with Gasteiger partial charge in [0.15, 0.2) is 5.02 Å². The number of imidazole rings is 1. The molecule has 0 unspecified atom stereocenters. The summed E-state index contributed by atoms with van der Waals surface area (Å²) in [6.45, 7) is 2.23. The molecule has 216 valence electrons. The number of carbonyl (C=O) groups is 2. The normalized spacial score (nSPS) is 11.7. The zero-order valence-electron chi connectivity index (χ0n) is 22.3. The van der Waals surface area contributed by atoms with Crippen LogP contribution in [0.3, 0.4) is 0 Å². The van der Waals surface area contributed by atoms with Gasteiger partial charge in [-0.3, -0.25) is 19.0 Å². The Balaban J connectivity index is 1.67. The number of ether oxygens (including phenoxy) is 1. The number of hydrogen-bond acceptors (Lipinski definition) is 8. The number of nitrogens with one attached hydrogen (secondary N) is 1. The predicted octanol–water partition coefficient (Wildman–Crippen LogP) is 2.58. The summed E-state index contributed by atoms with van der Waals surface area (Å²) in [7, 11) is 1.53. The van der Waals surface area contributed by atoms with Gasteiger partial charge < -0.3 is 15.2 Å². The van der Waals surface area contributed by atoms with E-state index in [1.54, 1.807) is 6.07 Å². The fourth-order valence-electron chi connectivity index (χ4n) is 4.15. The SMILES string of the molecule is CNCC(=O)n1c(=O)n(C(=O)CC(C)(C)O)c2ccc(Cn3cnc(OCc4ccc(F)cc4F)c(Cl)c3=O)cc21. The minimum atomic E-state index is -1.39. The number of halogens is 3. The summed E-state index contributed by atoms with van der Waals surface area (Å²) in [6, 6.07) is 7.47. The van der Waals surface area contributed by atoms with E-state index in [2.05, 4.69) is 10.3 Å². The highest BCUT2D eigenvalue weighted by molar-refractivity contribution is 6.31. The van der Waals surface area contributed by atoms with E-state index in [4.69, 9.17) is 16.3 Å². The van der Waals surface area contributed by atoms with Gasteiger partial charge in [0.2, 0.25) is 17.7 Å². The van der Waals surface area contributed by atoms with Crippen molar-refractivity contribution in [1.82, 2.24) is 24.0 Å². The number of fused-ring (bicyclic) bond motifs is 1. The minimum Gasteiger partial charge on any atom is -0.471 e. The minimum absolute atomic E-state index is 0.0357. The highest BCUT2D eigenvalue weighted by Gasteiger charge is 2.26. The highest BCUT2D eigenvalue weighted by atomic mass is 35.5. The number of likely N-dealkylation sites (N-methyl/N-ethyl adjacent to an activating group) is 1. The number of nitrogens with zero attached hydrogens (tertiary/aromatic N) is 4. The maximum absolute atomic E-state index is 13.9. The molecule has 0 bridgehead atoms. The zero-order valence-corrected chi connectivity index (χ0v) is 23.0. The van der Waals surface area contributed by atoms with Crippen LogP contribution in [-0.2, 0) is 13.2 Å². The number of hydrogen-bond donors (Lipinski definition) is 2. The monoisotopic (exact) mass is 589 g/mol. The van der Waals surface area contributed by atoms with Crippen molar-refractivity contribution < 1.29 is 28.2 Å². The molecule has 0 saturated carbocycles. The average molecular weight is 590 g/mol. The van der Waals surface area contributed by atoms with Gasteiger partial charge in [0.25, 0.3) is 5.56 Å². The molecule has 0 saturated heterocycles. The smallest absolute Gasteiger partial charge is 0.342 e. The van der Waals surface area contributed by atoms with Gasteiger partial charge >= 0.3 is 5.69 Å². The van der Waals surface area contributed by atoms with Crippen LogP contribution in [-0.4, -0.2) is 54.8 Å². The van der Waals surface area contributed by atoms with Gasteiger partial charge in [0, 0.05) is 11.6 Å². The Hall–Kier alpha value is -4.20. The molecule has 2 N–H and O–H groups in total. The number of carbonyl (C=O) groups excluding carboxylic acids is 2. The molecule has 0 fully saturated rings. The lowest BCUT2D eigenvalue weighted by Gasteiger charge is -2.15. The van der Waals surface area contributed by atoms with Crippen molar-refractivity contribution in [3.05, 3.63) is 91.3 Å². The van der Waals surface area contributed by atoms with Gasteiger partial charge in [-0.15, -0.1) is 0 Å². The molecule has 0 aliphatic heterocycles. The van der Waals surface area contributed by atoms with Crippen LogP contribution in [0.1, 0.15) is 41.0 Å². The number of aliphatic hydroxyl groups is 1. The Morgan fingerprint density at radius 1 is 1.07 bits per heavy atom. The van der Waals surface area contributed by atoms with Gasteiger partial charge in [-0.05, 0) is 50.7 Å². The Labute approximate surface area is 236 Å². The maximum Gasteiger partial charge on any atom is 0.342 e. The van der Waals surface area contributed by atoms with Crippen LogP contribution in [0.4, 0.5) is 8.78 Å². The summed E-state index contributed by atoms with van der Waals surface area (Å²) < 4.78 is 35.3. The Kier molecular flexibility index (Phi) is 8.52. The fourth-order valence-corrected chi connectivity index (χ4v) is 4.36. The summed E-state index contributed by atoms with van der Waals surface area (Å²) in [5.74, 6) is -3.13. The van der Waals surface area contributed by atoms with Crippen molar-refractivity contribution in [3.63, 3.8) is 0 Å². The summed E-state index contributed by atoms with van der Waals surface area (Å²) >= 11 is 6.17. The molecule has 11 nitrogen and oxygen atoms in total. The maximum atomic E-state index is 13.9. The average Bonchev–Trinajstić information content (AvgIpc) is 3.17.